The van der Waals surface area contributed by atoms with Gasteiger partial charge in [0.05, 0.1) is 33.0 Å². The number of hydrogen-bond acceptors (Lipinski definition) is 28. The Morgan fingerprint density at radius 1 is 0.651 bits per heavy atom. The van der Waals surface area contributed by atoms with E-state index < -0.39 is 197 Å². The molecule has 368 valence electrons. The SMILES string of the molecule is CC(=O)N[C@H]1[C@H](OC[C@H]2O[C@@H](O[C@@H]([C@H](O)[C@@H](O)C=O)[C@H](O)CO)[C@H](O)[C@@H](O[C@@H]3O[C@H](CO)[C@H](O)[C@H](OS(=O)(=O)O)[C@H]3O)[C@H]2O)O[C@H](CO)[C@@H](O[C@@H]2O[C@H](CO)[C@H](O)[C@H](O)[C@H]2O)[C@@H]1O. The van der Waals surface area contributed by atoms with Crippen LogP contribution < -0.4 is 5.32 Å². The molecule has 0 saturated carbocycles. The first-order valence-electron chi connectivity index (χ1n) is 19.0. The van der Waals surface area contributed by atoms with Crippen LogP contribution >= 0.6 is 0 Å². The molecule has 0 aromatic rings. The van der Waals surface area contributed by atoms with Crippen molar-refractivity contribution in [1.29, 1.82) is 0 Å². The van der Waals surface area contributed by atoms with Crippen LogP contribution in [-0.4, -0.2) is 282 Å². The molecule has 0 bridgehead atoms. The number of rotatable bonds is 20. The highest BCUT2D eigenvalue weighted by Crippen LogP contribution is 2.34. The standard InChI is InChI=1S/C32H55NO29S/c1-8(39)33-15-20(46)26(60-30-22(48)21(47)17(43)11(4-36)55-30)13(6-38)57-29(15)54-7-14-19(45)27(23(49)31(58-14)59-25(10(41)3-35)16(42)9(40)2-34)61-32-24(50)28(62-63(51,52)53)18(44)12(5-37)56-32/h2,9-32,35-38,40-50H,3-7H2,1H3,(H,33,39)(H,51,52,53)/t9-,10+,11+,12+,13+,14+,15+,16+,17-,18-,19-,20+,21-,22+,23+,24+,25+,26+,27-,28-,29+,30-,31-,32-/m0/s1. The largest absolute Gasteiger partial charge is 0.397 e. The molecule has 0 aromatic heterocycles. The number of aliphatic hydroxyl groups excluding tert-OH is 15. The van der Waals surface area contributed by atoms with Crippen LogP contribution in [0.3, 0.4) is 0 Å². The van der Waals surface area contributed by atoms with Crippen LogP contribution in [0.2, 0.25) is 0 Å². The maximum absolute atomic E-state index is 12.3. The molecule has 4 fully saturated rings. The lowest BCUT2D eigenvalue weighted by Crippen LogP contribution is -2.68. The first-order valence-corrected chi connectivity index (χ1v) is 20.4. The molecule has 0 spiro atoms. The number of aldehydes is 1. The molecule has 0 aliphatic carbocycles. The predicted molar refractivity (Wildman–Crippen MR) is 190 cm³/mol. The van der Waals surface area contributed by atoms with Crippen molar-refractivity contribution in [2.45, 2.75) is 154 Å². The van der Waals surface area contributed by atoms with Gasteiger partial charge in [-0.2, -0.15) is 8.42 Å². The van der Waals surface area contributed by atoms with E-state index in [-0.39, 0.29) is 6.29 Å². The lowest BCUT2D eigenvalue weighted by atomic mass is 9.95. The fraction of sp³-hybridized carbons (Fsp3) is 0.938. The van der Waals surface area contributed by atoms with Crippen molar-refractivity contribution in [2.75, 3.05) is 33.0 Å². The number of carbonyl (C=O) groups is 2. The van der Waals surface area contributed by atoms with Gasteiger partial charge in [0.25, 0.3) is 0 Å². The molecule has 17 N–H and O–H groups in total. The van der Waals surface area contributed by atoms with E-state index in [0.29, 0.717) is 0 Å². The minimum absolute atomic E-state index is 0.183. The number of amides is 1. The second-order valence-electron chi connectivity index (χ2n) is 14.9. The smallest absolute Gasteiger partial charge is 0.394 e. The van der Waals surface area contributed by atoms with Gasteiger partial charge in [0.2, 0.25) is 5.91 Å². The van der Waals surface area contributed by atoms with Gasteiger partial charge >= 0.3 is 10.4 Å². The Kier molecular flexibility index (Phi) is 19.8. The average Bonchev–Trinajstić information content (AvgIpc) is 3.24. The van der Waals surface area contributed by atoms with Crippen molar-refractivity contribution in [3.8, 4) is 0 Å². The van der Waals surface area contributed by atoms with Crippen LogP contribution in [0.4, 0.5) is 0 Å². The zero-order valence-corrected chi connectivity index (χ0v) is 33.7. The highest BCUT2D eigenvalue weighted by atomic mass is 32.3. The minimum atomic E-state index is -5.43. The summed E-state index contributed by atoms with van der Waals surface area (Å²) in [6, 6.07) is -1.69. The van der Waals surface area contributed by atoms with Gasteiger partial charge in [-0.1, -0.05) is 0 Å². The van der Waals surface area contributed by atoms with E-state index in [1.807, 2.05) is 0 Å². The van der Waals surface area contributed by atoms with Gasteiger partial charge in [-0.05, 0) is 0 Å². The van der Waals surface area contributed by atoms with Crippen LogP contribution in [0, 0.1) is 0 Å². The van der Waals surface area contributed by atoms with Crippen molar-refractivity contribution in [1.82, 2.24) is 5.32 Å². The van der Waals surface area contributed by atoms with Crippen molar-refractivity contribution in [3.63, 3.8) is 0 Å². The summed E-state index contributed by atoms with van der Waals surface area (Å²) in [5.74, 6) is -0.831. The zero-order valence-electron chi connectivity index (χ0n) is 32.8. The average molecular weight is 950 g/mol. The normalized spacial score (nSPS) is 43.4. The summed E-state index contributed by atoms with van der Waals surface area (Å²) < 4.78 is 81.1. The molecule has 63 heavy (non-hydrogen) atoms. The molecule has 0 radical (unpaired) electrons. The van der Waals surface area contributed by atoms with Crippen LogP contribution in [0.5, 0.6) is 0 Å². The molecule has 4 saturated heterocycles. The van der Waals surface area contributed by atoms with Gasteiger partial charge in [0.15, 0.2) is 31.4 Å². The van der Waals surface area contributed by atoms with E-state index in [2.05, 4.69) is 9.50 Å². The molecule has 24 atom stereocenters. The highest BCUT2D eigenvalue weighted by Gasteiger charge is 2.55. The van der Waals surface area contributed by atoms with Crippen molar-refractivity contribution < 1.29 is 141 Å². The number of ether oxygens (including phenoxy) is 8. The summed E-state index contributed by atoms with van der Waals surface area (Å²) in [4.78, 5) is 23.6. The van der Waals surface area contributed by atoms with Crippen LogP contribution in [0.15, 0.2) is 0 Å². The summed E-state index contributed by atoms with van der Waals surface area (Å²) in [5.41, 5.74) is 0. The van der Waals surface area contributed by atoms with Gasteiger partial charge in [-0.15, -0.1) is 0 Å². The molecule has 30 nitrogen and oxygen atoms in total. The molecule has 1 amide bonds. The summed E-state index contributed by atoms with van der Waals surface area (Å²) in [5, 5.41) is 159. The van der Waals surface area contributed by atoms with Gasteiger partial charge < -0.3 is 125 Å². The van der Waals surface area contributed by atoms with Crippen molar-refractivity contribution >= 4 is 22.6 Å². The molecule has 4 aliphatic rings. The van der Waals surface area contributed by atoms with Gasteiger partial charge in [-0.25, -0.2) is 4.18 Å². The van der Waals surface area contributed by atoms with Gasteiger partial charge in [0.1, 0.15) is 122 Å². The number of aliphatic hydroxyl groups is 15. The molecule has 4 heterocycles. The highest BCUT2D eigenvalue weighted by molar-refractivity contribution is 7.80. The Balaban J connectivity index is 1.65. The lowest BCUT2D eigenvalue weighted by molar-refractivity contribution is -0.374. The van der Waals surface area contributed by atoms with E-state index in [1.165, 1.54) is 0 Å². The Morgan fingerprint density at radius 2 is 1.16 bits per heavy atom. The van der Waals surface area contributed by atoms with Gasteiger partial charge in [-0.3, -0.25) is 9.35 Å². The van der Waals surface area contributed by atoms with E-state index in [0.717, 1.165) is 6.92 Å². The third-order valence-corrected chi connectivity index (χ3v) is 10.9. The molecular formula is C32H55NO29S. The molecule has 0 aromatic carbocycles. The fourth-order valence-electron chi connectivity index (χ4n) is 7.11. The second kappa shape index (κ2) is 23.2. The molecule has 0 unspecified atom stereocenters. The number of carbonyl (C=O) groups excluding carboxylic acids is 2. The third-order valence-electron chi connectivity index (χ3n) is 10.5. The summed E-state index contributed by atoms with van der Waals surface area (Å²) in [6.45, 7) is -4.17. The fourth-order valence-corrected chi connectivity index (χ4v) is 7.62. The summed E-state index contributed by atoms with van der Waals surface area (Å²) in [7, 11) is -5.43. The number of hydrogen-bond donors (Lipinski definition) is 17. The zero-order chi connectivity index (χ0) is 47.2. The molecule has 4 rings (SSSR count). The minimum Gasteiger partial charge on any atom is -0.394 e. The van der Waals surface area contributed by atoms with E-state index in [4.69, 9.17) is 37.9 Å². The van der Waals surface area contributed by atoms with Crippen LogP contribution in [0.1, 0.15) is 6.92 Å². The van der Waals surface area contributed by atoms with Crippen LogP contribution in [0.25, 0.3) is 0 Å². The Hall–Kier alpha value is -1.91. The Bertz CT molecular complexity index is 1550. The summed E-state index contributed by atoms with van der Waals surface area (Å²) >= 11 is 0. The van der Waals surface area contributed by atoms with Crippen molar-refractivity contribution in [2.24, 2.45) is 0 Å². The van der Waals surface area contributed by atoms with E-state index in [9.17, 15) is 99.2 Å². The maximum atomic E-state index is 12.3. The topological polar surface area (TPSA) is 487 Å². The molecular weight excluding hydrogens is 894 g/mol. The number of nitrogens with one attached hydrogen (secondary N) is 1. The first kappa shape index (κ1) is 53.7. The quantitative estimate of drug-likeness (QED) is 0.0398. The first-order chi connectivity index (χ1) is 29.5. The summed E-state index contributed by atoms with van der Waals surface area (Å²) in [6.07, 6.45) is -47.5. The maximum Gasteiger partial charge on any atom is 0.397 e. The van der Waals surface area contributed by atoms with Crippen molar-refractivity contribution in [3.05, 3.63) is 0 Å². The molecule has 4 aliphatic heterocycles. The van der Waals surface area contributed by atoms with E-state index >= 15 is 0 Å². The Morgan fingerprint density at radius 3 is 1.70 bits per heavy atom. The lowest BCUT2D eigenvalue weighted by Gasteiger charge is -2.48. The Labute approximate surface area is 356 Å². The third kappa shape index (κ3) is 12.8. The molecule has 31 heteroatoms. The van der Waals surface area contributed by atoms with Crippen LogP contribution in [-0.2, 0) is 62.1 Å². The second-order valence-corrected chi connectivity index (χ2v) is 15.9. The predicted octanol–water partition coefficient (Wildman–Crippen LogP) is -12.1. The van der Waals surface area contributed by atoms with E-state index in [1.54, 1.807) is 0 Å². The van der Waals surface area contributed by atoms with Gasteiger partial charge in [0, 0.05) is 6.92 Å². The monoisotopic (exact) mass is 949 g/mol.